The number of piperidine rings is 1. The molecule has 4 heteroatoms. The van der Waals surface area contributed by atoms with Crippen molar-refractivity contribution in [3.05, 3.63) is 18.3 Å². The van der Waals surface area contributed by atoms with E-state index in [1.165, 1.54) is 32.4 Å². The van der Waals surface area contributed by atoms with Gasteiger partial charge in [0, 0.05) is 37.6 Å². The van der Waals surface area contributed by atoms with Crippen molar-refractivity contribution in [1.82, 2.24) is 9.88 Å². The van der Waals surface area contributed by atoms with E-state index in [0.29, 0.717) is 0 Å². The van der Waals surface area contributed by atoms with Crippen LogP contribution in [-0.2, 0) is 0 Å². The van der Waals surface area contributed by atoms with Gasteiger partial charge < -0.3 is 15.5 Å². The van der Waals surface area contributed by atoms with Crippen LogP contribution < -0.4 is 10.6 Å². The molecule has 0 aliphatic carbocycles. The summed E-state index contributed by atoms with van der Waals surface area (Å²) in [5.41, 5.74) is 1.16. The average molecular weight is 262 g/mol. The number of anilines is 2. The molecule has 1 fully saturated rings. The Kier molecular flexibility index (Phi) is 5.95. The van der Waals surface area contributed by atoms with Crippen molar-refractivity contribution in [2.75, 3.05) is 43.4 Å². The molecule has 2 N–H and O–H groups in total. The van der Waals surface area contributed by atoms with Gasteiger partial charge in [-0.1, -0.05) is 13.3 Å². The molecular formula is C15H26N4. The zero-order valence-electron chi connectivity index (χ0n) is 12.0. The number of nitrogens with zero attached hydrogens (tertiary/aromatic N) is 2. The lowest BCUT2D eigenvalue weighted by Gasteiger charge is -2.26. The normalized spacial score (nSPS) is 16.3. The quantitative estimate of drug-likeness (QED) is 0.793. The van der Waals surface area contributed by atoms with Crippen molar-refractivity contribution in [3.63, 3.8) is 0 Å². The van der Waals surface area contributed by atoms with Gasteiger partial charge >= 0.3 is 0 Å². The highest BCUT2D eigenvalue weighted by Gasteiger charge is 2.08. The van der Waals surface area contributed by atoms with Crippen LogP contribution in [0.3, 0.4) is 0 Å². The lowest BCUT2D eigenvalue weighted by molar-refractivity contribution is 0.237. The van der Waals surface area contributed by atoms with E-state index in [9.17, 15) is 0 Å². The van der Waals surface area contributed by atoms with Gasteiger partial charge in [-0.15, -0.1) is 0 Å². The molecule has 4 nitrogen and oxygen atoms in total. The van der Waals surface area contributed by atoms with Crippen molar-refractivity contribution in [2.24, 2.45) is 0 Å². The third-order valence-corrected chi connectivity index (χ3v) is 3.52. The Bertz CT molecular complexity index is 361. The Labute approximate surface area is 116 Å². The van der Waals surface area contributed by atoms with Crippen LogP contribution in [0.1, 0.15) is 32.6 Å². The summed E-state index contributed by atoms with van der Waals surface area (Å²) in [4.78, 5) is 6.86. The summed E-state index contributed by atoms with van der Waals surface area (Å²) in [6.45, 7) is 7.82. The van der Waals surface area contributed by atoms with Crippen LogP contribution >= 0.6 is 0 Å². The van der Waals surface area contributed by atoms with Crippen molar-refractivity contribution >= 4 is 11.5 Å². The molecule has 2 heterocycles. The molecule has 0 atom stereocenters. The van der Waals surface area contributed by atoms with E-state index in [0.717, 1.165) is 37.6 Å². The van der Waals surface area contributed by atoms with Crippen LogP contribution in [0.5, 0.6) is 0 Å². The van der Waals surface area contributed by atoms with E-state index in [2.05, 4.69) is 33.5 Å². The number of rotatable bonds is 7. The monoisotopic (exact) mass is 262 g/mol. The summed E-state index contributed by atoms with van der Waals surface area (Å²) >= 11 is 0. The van der Waals surface area contributed by atoms with Gasteiger partial charge in [0.15, 0.2) is 0 Å². The molecule has 0 unspecified atom stereocenters. The summed E-state index contributed by atoms with van der Waals surface area (Å²) in [6.07, 6.45) is 7.11. The first-order chi connectivity index (χ1) is 9.38. The Hall–Kier alpha value is -1.29. The smallest absolute Gasteiger partial charge is 0.127 e. The van der Waals surface area contributed by atoms with Crippen LogP contribution in [0.2, 0.25) is 0 Å². The predicted molar refractivity (Wildman–Crippen MR) is 81.8 cm³/mol. The zero-order valence-corrected chi connectivity index (χ0v) is 12.0. The summed E-state index contributed by atoms with van der Waals surface area (Å²) < 4.78 is 0. The standard InChI is InChI=1S/C15H26N4/c1-2-7-17-15-13-14(6-8-18-15)16-9-12-19-10-4-3-5-11-19/h6,8,13H,2-5,7,9-12H2,1H3,(H2,16,17,18). The van der Waals surface area contributed by atoms with Gasteiger partial charge in [-0.25, -0.2) is 4.98 Å². The lowest BCUT2D eigenvalue weighted by atomic mass is 10.1. The van der Waals surface area contributed by atoms with Crippen molar-refractivity contribution in [2.45, 2.75) is 32.6 Å². The van der Waals surface area contributed by atoms with Crippen LogP contribution in [0.4, 0.5) is 11.5 Å². The van der Waals surface area contributed by atoms with Gasteiger partial charge in [0.25, 0.3) is 0 Å². The first kappa shape index (κ1) is 14.1. The average Bonchev–Trinajstić information content (AvgIpc) is 2.47. The summed E-state index contributed by atoms with van der Waals surface area (Å²) in [7, 11) is 0. The largest absolute Gasteiger partial charge is 0.384 e. The number of hydrogen-bond donors (Lipinski definition) is 2. The predicted octanol–water partition coefficient (Wildman–Crippen LogP) is 2.80. The molecular weight excluding hydrogens is 236 g/mol. The molecule has 19 heavy (non-hydrogen) atoms. The maximum atomic E-state index is 4.31. The van der Waals surface area contributed by atoms with Gasteiger partial charge in [-0.2, -0.15) is 0 Å². The third kappa shape index (κ3) is 5.07. The molecule has 0 aromatic carbocycles. The summed E-state index contributed by atoms with van der Waals surface area (Å²) in [6, 6.07) is 4.12. The van der Waals surface area contributed by atoms with Crippen LogP contribution in [0, 0.1) is 0 Å². The van der Waals surface area contributed by atoms with E-state index in [4.69, 9.17) is 0 Å². The SMILES string of the molecule is CCCNc1cc(NCCN2CCCCC2)ccn1. The van der Waals surface area contributed by atoms with Crippen molar-refractivity contribution < 1.29 is 0 Å². The highest BCUT2D eigenvalue weighted by atomic mass is 15.1. The van der Waals surface area contributed by atoms with Crippen LogP contribution in [-0.4, -0.2) is 42.6 Å². The first-order valence-corrected chi connectivity index (χ1v) is 7.54. The molecule has 1 saturated heterocycles. The molecule has 1 aromatic rings. The Morgan fingerprint density at radius 3 is 2.79 bits per heavy atom. The van der Waals surface area contributed by atoms with Gasteiger partial charge in [-0.3, -0.25) is 0 Å². The van der Waals surface area contributed by atoms with Crippen molar-refractivity contribution in [1.29, 1.82) is 0 Å². The number of likely N-dealkylation sites (tertiary alicyclic amines) is 1. The topological polar surface area (TPSA) is 40.2 Å². The molecule has 1 aromatic heterocycles. The molecule has 0 amide bonds. The van der Waals surface area contributed by atoms with Crippen molar-refractivity contribution in [3.8, 4) is 0 Å². The second-order valence-corrected chi connectivity index (χ2v) is 5.19. The minimum absolute atomic E-state index is 0.963. The minimum Gasteiger partial charge on any atom is -0.384 e. The maximum Gasteiger partial charge on any atom is 0.127 e. The van der Waals surface area contributed by atoms with Gasteiger partial charge in [0.05, 0.1) is 0 Å². The Morgan fingerprint density at radius 2 is 2.00 bits per heavy atom. The molecule has 0 saturated carbocycles. The number of pyridine rings is 1. The molecule has 106 valence electrons. The summed E-state index contributed by atoms with van der Waals surface area (Å²) in [5, 5.41) is 6.80. The van der Waals surface area contributed by atoms with Gasteiger partial charge in [0.2, 0.25) is 0 Å². The molecule has 0 spiro atoms. The van der Waals surface area contributed by atoms with E-state index in [-0.39, 0.29) is 0 Å². The molecule has 0 bridgehead atoms. The second kappa shape index (κ2) is 8.00. The lowest BCUT2D eigenvalue weighted by Crippen LogP contribution is -2.33. The first-order valence-electron chi connectivity index (χ1n) is 7.54. The molecule has 1 aliphatic rings. The highest BCUT2D eigenvalue weighted by molar-refractivity contribution is 5.51. The fourth-order valence-electron chi connectivity index (χ4n) is 2.43. The zero-order chi connectivity index (χ0) is 13.3. The number of aromatic nitrogens is 1. The third-order valence-electron chi connectivity index (χ3n) is 3.52. The summed E-state index contributed by atoms with van der Waals surface area (Å²) in [5.74, 6) is 0.963. The molecule has 1 aliphatic heterocycles. The van der Waals surface area contributed by atoms with Gasteiger partial charge in [0.1, 0.15) is 5.82 Å². The van der Waals surface area contributed by atoms with Gasteiger partial charge in [-0.05, 0) is 38.4 Å². The number of hydrogen-bond acceptors (Lipinski definition) is 4. The van der Waals surface area contributed by atoms with E-state index >= 15 is 0 Å². The van der Waals surface area contributed by atoms with Crippen LogP contribution in [0.15, 0.2) is 18.3 Å². The van der Waals surface area contributed by atoms with Crippen LogP contribution in [0.25, 0.3) is 0 Å². The second-order valence-electron chi connectivity index (χ2n) is 5.19. The Morgan fingerprint density at radius 1 is 1.16 bits per heavy atom. The van der Waals surface area contributed by atoms with E-state index in [1.807, 2.05) is 12.3 Å². The fourth-order valence-corrected chi connectivity index (χ4v) is 2.43. The van der Waals surface area contributed by atoms with E-state index in [1.54, 1.807) is 0 Å². The minimum atomic E-state index is 0.963. The molecule has 0 radical (unpaired) electrons. The highest BCUT2D eigenvalue weighted by Crippen LogP contribution is 2.12. The molecule has 2 rings (SSSR count). The maximum absolute atomic E-state index is 4.31. The Balaban J connectivity index is 1.72. The van der Waals surface area contributed by atoms with E-state index < -0.39 is 0 Å². The number of nitrogens with one attached hydrogen (secondary N) is 2. The fraction of sp³-hybridized carbons (Fsp3) is 0.667.